The highest BCUT2D eigenvalue weighted by atomic mass is 19.1. The summed E-state index contributed by atoms with van der Waals surface area (Å²) < 4.78 is 18.5. The van der Waals surface area contributed by atoms with Gasteiger partial charge < -0.3 is 9.84 Å². The second kappa shape index (κ2) is 4.29. The van der Waals surface area contributed by atoms with Crippen LogP contribution >= 0.6 is 0 Å². The normalized spacial score (nSPS) is 12.3. The van der Waals surface area contributed by atoms with E-state index in [0.717, 1.165) is 5.56 Å². The van der Waals surface area contributed by atoms with Crippen molar-refractivity contribution < 1.29 is 19.0 Å². The molecule has 1 aromatic rings. The number of hydrogen-bond donors (Lipinski definition) is 1. The van der Waals surface area contributed by atoms with Gasteiger partial charge >= 0.3 is 5.97 Å². The van der Waals surface area contributed by atoms with Gasteiger partial charge in [-0.15, -0.1) is 0 Å². The molecule has 0 aliphatic carbocycles. The van der Waals surface area contributed by atoms with E-state index in [2.05, 4.69) is 0 Å². The Hall–Kier alpha value is -1.58. The molecule has 1 aromatic carbocycles. The minimum Gasteiger partial charge on any atom is -0.494 e. The Balaban J connectivity index is 3.28. The van der Waals surface area contributed by atoms with Crippen molar-refractivity contribution in [2.24, 2.45) is 0 Å². The lowest BCUT2D eigenvalue weighted by Crippen LogP contribution is -2.10. The van der Waals surface area contributed by atoms with E-state index in [1.54, 1.807) is 6.92 Å². The van der Waals surface area contributed by atoms with Crippen LogP contribution in [0.25, 0.3) is 0 Å². The SMILES string of the molecule is COc1cc(C)cc(C(C)C(=O)O)c1F. The summed E-state index contributed by atoms with van der Waals surface area (Å²) in [6.07, 6.45) is 0. The molecule has 0 saturated carbocycles. The van der Waals surface area contributed by atoms with Crippen molar-refractivity contribution in [3.63, 3.8) is 0 Å². The van der Waals surface area contributed by atoms with E-state index in [9.17, 15) is 9.18 Å². The van der Waals surface area contributed by atoms with Gasteiger partial charge in [0.25, 0.3) is 0 Å². The van der Waals surface area contributed by atoms with E-state index in [1.165, 1.54) is 26.2 Å². The number of rotatable bonds is 3. The molecule has 82 valence electrons. The summed E-state index contributed by atoms with van der Waals surface area (Å²) in [7, 11) is 1.35. The summed E-state index contributed by atoms with van der Waals surface area (Å²) in [5.74, 6) is -2.45. The van der Waals surface area contributed by atoms with E-state index < -0.39 is 17.7 Å². The highest BCUT2D eigenvalue weighted by molar-refractivity contribution is 5.76. The lowest BCUT2D eigenvalue weighted by atomic mass is 9.98. The van der Waals surface area contributed by atoms with Gasteiger partial charge in [0.1, 0.15) is 0 Å². The molecule has 1 atom stereocenters. The summed E-state index contributed by atoms with van der Waals surface area (Å²) in [5.41, 5.74) is 0.927. The average Bonchev–Trinajstić information content (AvgIpc) is 2.19. The molecule has 4 heteroatoms. The van der Waals surface area contributed by atoms with Gasteiger partial charge in [0.05, 0.1) is 13.0 Å². The fourth-order valence-electron chi connectivity index (χ4n) is 1.36. The molecular weight excluding hydrogens is 199 g/mol. The Morgan fingerprint density at radius 1 is 1.53 bits per heavy atom. The Labute approximate surface area is 87.5 Å². The molecule has 1 N–H and O–H groups in total. The van der Waals surface area contributed by atoms with Crippen LogP contribution in [-0.4, -0.2) is 18.2 Å². The molecule has 0 spiro atoms. The number of benzene rings is 1. The van der Waals surface area contributed by atoms with E-state index in [4.69, 9.17) is 9.84 Å². The predicted molar refractivity (Wildman–Crippen MR) is 53.7 cm³/mol. The van der Waals surface area contributed by atoms with Crippen molar-refractivity contribution in [1.82, 2.24) is 0 Å². The summed E-state index contributed by atoms with van der Waals surface area (Å²) in [6.45, 7) is 3.21. The summed E-state index contributed by atoms with van der Waals surface area (Å²) >= 11 is 0. The predicted octanol–water partition coefficient (Wildman–Crippen LogP) is 2.33. The first-order chi connectivity index (χ1) is 6.97. The van der Waals surface area contributed by atoms with E-state index >= 15 is 0 Å². The van der Waals surface area contributed by atoms with E-state index in [1.807, 2.05) is 0 Å². The monoisotopic (exact) mass is 212 g/mol. The number of aryl methyl sites for hydroxylation is 1. The van der Waals surface area contributed by atoms with Crippen LogP contribution in [-0.2, 0) is 4.79 Å². The minimum atomic E-state index is -1.05. The maximum absolute atomic E-state index is 13.7. The Morgan fingerprint density at radius 3 is 2.60 bits per heavy atom. The largest absolute Gasteiger partial charge is 0.494 e. The van der Waals surface area contributed by atoms with Crippen LogP contribution in [0.3, 0.4) is 0 Å². The number of methoxy groups -OCH3 is 1. The molecule has 0 amide bonds. The third kappa shape index (κ3) is 2.26. The van der Waals surface area contributed by atoms with Crippen LogP contribution < -0.4 is 4.74 Å². The Bertz CT molecular complexity index is 388. The Kier molecular flexibility index (Phi) is 3.29. The van der Waals surface area contributed by atoms with Crippen molar-refractivity contribution >= 4 is 5.97 Å². The zero-order chi connectivity index (χ0) is 11.6. The van der Waals surface area contributed by atoms with Crippen molar-refractivity contribution in [3.05, 3.63) is 29.1 Å². The summed E-state index contributed by atoms with van der Waals surface area (Å²) in [6, 6.07) is 3.06. The van der Waals surface area contributed by atoms with Crippen LogP contribution in [0.5, 0.6) is 5.75 Å². The van der Waals surface area contributed by atoms with Crippen molar-refractivity contribution in [1.29, 1.82) is 0 Å². The molecule has 15 heavy (non-hydrogen) atoms. The molecule has 0 aliphatic rings. The number of carbonyl (C=O) groups is 1. The van der Waals surface area contributed by atoms with Gasteiger partial charge in [-0.25, -0.2) is 4.39 Å². The molecule has 0 aromatic heterocycles. The van der Waals surface area contributed by atoms with Crippen LogP contribution in [0.15, 0.2) is 12.1 Å². The fraction of sp³-hybridized carbons (Fsp3) is 0.364. The fourth-order valence-corrected chi connectivity index (χ4v) is 1.36. The van der Waals surface area contributed by atoms with E-state index in [-0.39, 0.29) is 11.3 Å². The van der Waals surface area contributed by atoms with Crippen molar-refractivity contribution in [2.45, 2.75) is 19.8 Å². The molecule has 0 bridgehead atoms. The molecule has 0 heterocycles. The van der Waals surface area contributed by atoms with Gasteiger partial charge in [-0.05, 0) is 25.5 Å². The van der Waals surface area contributed by atoms with Gasteiger partial charge in [-0.2, -0.15) is 0 Å². The molecule has 0 aliphatic heterocycles. The maximum atomic E-state index is 13.7. The van der Waals surface area contributed by atoms with Crippen LogP contribution in [0, 0.1) is 12.7 Å². The van der Waals surface area contributed by atoms with Gasteiger partial charge in [0.2, 0.25) is 0 Å². The first-order valence-corrected chi connectivity index (χ1v) is 4.54. The Morgan fingerprint density at radius 2 is 2.13 bits per heavy atom. The highest BCUT2D eigenvalue weighted by Gasteiger charge is 2.20. The second-order valence-corrected chi connectivity index (χ2v) is 3.43. The smallest absolute Gasteiger partial charge is 0.310 e. The van der Waals surface area contributed by atoms with Gasteiger partial charge in [0, 0.05) is 5.56 Å². The molecule has 0 saturated heterocycles. The van der Waals surface area contributed by atoms with E-state index in [0.29, 0.717) is 0 Å². The summed E-state index contributed by atoms with van der Waals surface area (Å²) in [5, 5.41) is 8.81. The van der Waals surface area contributed by atoms with Crippen molar-refractivity contribution in [3.8, 4) is 5.75 Å². The van der Waals surface area contributed by atoms with Crippen LogP contribution in [0.2, 0.25) is 0 Å². The third-order valence-corrected chi connectivity index (χ3v) is 2.27. The number of halogens is 1. The second-order valence-electron chi connectivity index (χ2n) is 3.43. The zero-order valence-electron chi connectivity index (χ0n) is 8.87. The first kappa shape index (κ1) is 11.5. The number of hydrogen-bond acceptors (Lipinski definition) is 2. The number of carboxylic acids is 1. The standard InChI is InChI=1S/C11H13FO3/c1-6-4-8(7(2)11(13)14)10(12)9(5-6)15-3/h4-5,7H,1-3H3,(H,13,14). The average molecular weight is 212 g/mol. The lowest BCUT2D eigenvalue weighted by molar-refractivity contribution is -0.138. The number of aliphatic carboxylic acids is 1. The van der Waals surface area contributed by atoms with Crippen LogP contribution in [0.1, 0.15) is 24.0 Å². The molecular formula is C11H13FO3. The van der Waals surface area contributed by atoms with Crippen LogP contribution in [0.4, 0.5) is 4.39 Å². The number of carboxylic acid groups (broad SMARTS) is 1. The lowest BCUT2D eigenvalue weighted by Gasteiger charge is -2.12. The third-order valence-electron chi connectivity index (χ3n) is 2.27. The van der Waals surface area contributed by atoms with Crippen molar-refractivity contribution in [2.75, 3.05) is 7.11 Å². The highest BCUT2D eigenvalue weighted by Crippen LogP contribution is 2.28. The molecule has 3 nitrogen and oxygen atoms in total. The zero-order valence-corrected chi connectivity index (χ0v) is 8.87. The topological polar surface area (TPSA) is 46.5 Å². The summed E-state index contributed by atoms with van der Waals surface area (Å²) in [4.78, 5) is 10.8. The number of ether oxygens (including phenoxy) is 1. The molecule has 0 fully saturated rings. The molecule has 1 unspecified atom stereocenters. The van der Waals surface area contributed by atoms with Gasteiger partial charge in [0.15, 0.2) is 11.6 Å². The molecule has 1 rings (SSSR count). The van der Waals surface area contributed by atoms with Gasteiger partial charge in [-0.3, -0.25) is 4.79 Å². The van der Waals surface area contributed by atoms with Gasteiger partial charge in [-0.1, -0.05) is 6.07 Å². The first-order valence-electron chi connectivity index (χ1n) is 4.54. The maximum Gasteiger partial charge on any atom is 0.310 e. The molecule has 0 radical (unpaired) electrons. The minimum absolute atomic E-state index is 0.0816. The quantitative estimate of drug-likeness (QED) is 0.836.